The second-order valence-electron chi connectivity index (χ2n) is 11.1. The van der Waals surface area contributed by atoms with Gasteiger partial charge in [-0.25, -0.2) is 0 Å². The van der Waals surface area contributed by atoms with Gasteiger partial charge in [-0.1, -0.05) is 36.4 Å². The quantitative estimate of drug-likeness (QED) is 0.362. The third-order valence-electron chi connectivity index (χ3n) is 7.86. The van der Waals surface area contributed by atoms with Gasteiger partial charge in [0.15, 0.2) is 14.7 Å². The summed E-state index contributed by atoms with van der Waals surface area (Å²) < 4.78 is 5.76. The number of rotatable bonds is 6. The van der Waals surface area contributed by atoms with Crippen molar-refractivity contribution in [2.75, 3.05) is 0 Å². The van der Waals surface area contributed by atoms with Crippen LogP contribution in [-0.4, -0.2) is 12.1 Å². The van der Waals surface area contributed by atoms with Crippen molar-refractivity contribution in [2.24, 2.45) is 23.2 Å². The topological polar surface area (TPSA) is 49.4 Å². The standard InChI is InChI=1S/C21H21OS.C11H16O2/c1-17(2)22-18-13-15-21(16-14-18)23(19-9-5-3-6-10-19)20-11-7-4-8-12-20;12-10(13)11-4-7-1-8(5-11)3-9(2-7)6-11/h3-17H,1-2H3;7-9H,1-6H2,(H,12,13)/q+1;/p-1. The molecule has 4 aliphatic rings. The predicted molar refractivity (Wildman–Crippen MR) is 143 cm³/mol. The molecule has 0 aliphatic heterocycles. The van der Waals surface area contributed by atoms with Crippen LogP contribution in [0.1, 0.15) is 52.4 Å². The van der Waals surface area contributed by atoms with Crippen LogP contribution in [0, 0.1) is 23.2 Å². The van der Waals surface area contributed by atoms with E-state index in [0.29, 0.717) is 17.8 Å². The normalized spacial score (nSPS) is 25.9. The van der Waals surface area contributed by atoms with Crippen LogP contribution in [0.4, 0.5) is 0 Å². The molecule has 4 aliphatic carbocycles. The summed E-state index contributed by atoms with van der Waals surface area (Å²) in [6.45, 7) is 4.10. The zero-order valence-corrected chi connectivity index (χ0v) is 22.1. The Hall–Kier alpha value is -2.72. The summed E-state index contributed by atoms with van der Waals surface area (Å²) >= 11 is 0. The van der Waals surface area contributed by atoms with Gasteiger partial charge in [0.25, 0.3) is 0 Å². The number of ether oxygens (including phenoxy) is 1. The molecular formula is C32H36O3S. The van der Waals surface area contributed by atoms with Crippen molar-refractivity contribution in [2.45, 2.75) is 73.2 Å². The maximum atomic E-state index is 11.1. The van der Waals surface area contributed by atoms with Crippen molar-refractivity contribution >= 4 is 16.9 Å². The number of carboxylic acid groups (broad SMARTS) is 1. The van der Waals surface area contributed by atoms with Gasteiger partial charge in [-0.05, 0) is 119 Å². The first kappa shape index (κ1) is 25.0. The molecular weight excluding hydrogens is 464 g/mol. The van der Waals surface area contributed by atoms with E-state index >= 15 is 0 Å². The number of hydrogen-bond donors (Lipinski definition) is 0. The molecule has 36 heavy (non-hydrogen) atoms. The van der Waals surface area contributed by atoms with Gasteiger partial charge in [-0.15, -0.1) is 0 Å². The van der Waals surface area contributed by atoms with Crippen molar-refractivity contribution in [3.05, 3.63) is 84.9 Å². The Morgan fingerprint density at radius 3 is 1.56 bits per heavy atom. The summed E-state index contributed by atoms with van der Waals surface area (Å²) in [5, 5.41) is 11.1. The third-order valence-corrected chi connectivity index (χ3v) is 10.1. The van der Waals surface area contributed by atoms with E-state index in [4.69, 9.17) is 4.74 Å². The first-order valence-corrected chi connectivity index (χ1v) is 14.5. The van der Waals surface area contributed by atoms with E-state index in [0.717, 1.165) is 25.0 Å². The van der Waals surface area contributed by atoms with Crippen molar-refractivity contribution in [1.29, 1.82) is 0 Å². The Morgan fingerprint density at radius 1 is 0.750 bits per heavy atom. The minimum absolute atomic E-state index is 0.0911. The molecule has 0 atom stereocenters. The van der Waals surface area contributed by atoms with Gasteiger partial charge < -0.3 is 14.6 Å². The van der Waals surface area contributed by atoms with Gasteiger partial charge >= 0.3 is 0 Å². The fourth-order valence-corrected chi connectivity index (χ4v) is 8.89. The molecule has 188 valence electrons. The molecule has 0 aromatic heterocycles. The number of hydrogen-bond acceptors (Lipinski definition) is 3. The molecule has 0 unspecified atom stereocenters. The van der Waals surface area contributed by atoms with Crippen LogP contribution < -0.4 is 9.84 Å². The van der Waals surface area contributed by atoms with Crippen molar-refractivity contribution in [3.8, 4) is 5.75 Å². The number of benzene rings is 3. The molecule has 3 aromatic carbocycles. The van der Waals surface area contributed by atoms with Gasteiger partial charge in [-0.3, -0.25) is 0 Å². The molecule has 0 heterocycles. The van der Waals surface area contributed by atoms with E-state index in [-0.39, 0.29) is 17.0 Å². The lowest BCUT2D eigenvalue weighted by molar-refractivity contribution is -0.327. The van der Waals surface area contributed by atoms with Crippen LogP contribution in [0.15, 0.2) is 99.6 Å². The molecule has 0 amide bonds. The molecule has 7 rings (SSSR count). The fourth-order valence-electron chi connectivity index (χ4n) is 6.81. The van der Waals surface area contributed by atoms with Gasteiger partial charge in [0.2, 0.25) is 0 Å². The zero-order valence-electron chi connectivity index (χ0n) is 21.3. The minimum atomic E-state index is -0.758. The Kier molecular flexibility index (Phi) is 7.43. The van der Waals surface area contributed by atoms with Crippen molar-refractivity contribution in [3.63, 3.8) is 0 Å². The second kappa shape index (κ2) is 10.7. The summed E-state index contributed by atoms with van der Waals surface area (Å²) in [4.78, 5) is 15.1. The number of carboxylic acids is 1. The van der Waals surface area contributed by atoms with Crippen LogP contribution in [0.5, 0.6) is 5.75 Å². The number of aliphatic carboxylic acids is 1. The zero-order chi connectivity index (χ0) is 25.1. The molecule has 4 heteroatoms. The SMILES string of the molecule is CC(C)Oc1ccc([S+](c2ccccc2)c2ccccc2)cc1.O=C([O-])C12CC3CC(CC(C3)C1)C2. The molecule has 4 bridgehead atoms. The smallest absolute Gasteiger partial charge is 0.166 e. The van der Waals surface area contributed by atoms with Crippen molar-refractivity contribution in [1.82, 2.24) is 0 Å². The van der Waals surface area contributed by atoms with Gasteiger partial charge in [0.1, 0.15) is 5.75 Å². The van der Waals surface area contributed by atoms with E-state index in [1.807, 2.05) is 13.8 Å². The van der Waals surface area contributed by atoms with Crippen LogP contribution in [0.25, 0.3) is 0 Å². The molecule has 4 fully saturated rings. The van der Waals surface area contributed by atoms with E-state index in [2.05, 4.69) is 84.9 Å². The highest BCUT2D eigenvalue weighted by Gasteiger charge is 2.51. The van der Waals surface area contributed by atoms with E-state index in [1.54, 1.807) is 0 Å². The molecule has 0 saturated heterocycles. The van der Waals surface area contributed by atoms with E-state index in [9.17, 15) is 9.90 Å². The first-order valence-electron chi connectivity index (χ1n) is 13.2. The van der Waals surface area contributed by atoms with Gasteiger partial charge in [0, 0.05) is 11.4 Å². The highest BCUT2D eigenvalue weighted by molar-refractivity contribution is 7.97. The van der Waals surface area contributed by atoms with Crippen LogP contribution in [-0.2, 0) is 15.7 Å². The second-order valence-corrected chi connectivity index (χ2v) is 13.1. The fraction of sp³-hybridized carbons (Fsp3) is 0.406. The lowest BCUT2D eigenvalue weighted by Gasteiger charge is -2.57. The Morgan fingerprint density at radius 2 is 1.17 bits per heavy atom. The maximum Gasteiger partial charge on any atom is 0.166 e. The van der Waals surface area contributed by atoms with Crippen LogP contribution in [0.3, 0.4) is 0 Å². The van der Waals surface area contributed by atoms with E-state index < -0.39 is 11.4 Å². The monoisotopic (exact) mass is 500 g/mol. The lowest BCUT2D eigenvalue weighted by atomic mass is 9.49. The summed E-state index contributed by atoms with van der Waals surface area (Å²) in [5.74, 6) is 2.30. The van der Waals surface area contributed by atoms with Gasteiger partial charge in [-0.2, -0.15) is 0 Å². The molecule has 0 spiro atoms. The van der Waals surface area contributed by atoms with E-state index in [1.165, 1.54) is 33.9 Å². The lowest BCUT2D eigenvalue weighted by Crippen LogP contribution is -2.54. The summed E-state index contributed by atoms with van der Waals surface area (Å²) in [6, 6.07) is 29.9. The number of carbonyl (C=O) groups is 1. The Bertz CT molecular complexity index is 1070. The Balaban J connectivity index is 0.000000172. The third kappa shape index (κ3) is 5.49. The summed E-state index contributed by atoms with van der Waals surface area (Å²) in [5.41, 5.74) is -0.394. The number of carbonyl (C=O) groups excluding carboxylic acids is 1. The molecule has 0 radical (unpaired) electrons. The maximum absolute atomic E-state index is 11.1. The summed E-state index contributed by atoms with van der Waals surface area (Å²) in [7, 11) is -0.0911. The Labute approximate surface area is 218 Å². The predicted octanol–water partition coefficient (Wildman–Crippen LogP) is 6.52. The highest BCUT2D eigenvalue weighted by atomic mass is 32.2. The summed E-state index contributed by atoms with van der Waals surface area (Å²) in [6.07, 6.45) is 6.85. The highest BCUT2D eigenvalue weighted by Crippen LogP contribution is 2.59. The molecule has 3 aromatic rings. The minimum Gasteiger partial charge on any atom is -0.550 e. The molecule has 3 nitrogen and oxygen atoms in total. The average molecular weight is 501 g/mol. The van der Waals surface area contributed by atoms with Crippen LogP contribution in [0.2, 0.25) is 0 Å². The molecule has 4 saturated carbocycles. The largest absolute Gasteiger partial charge is 0.550 e. The van der Waals surface area contributed by atoms with Crippen LogP contribution >= 0.6 is 0 Å². The average Bonchev–Trinajstić information content (AvgIpc) is 2.86. The van der Waals surface area contributed by atoms with Crippen molar-refractivity contribution < 1.29 is 14.6 Å². The first-order chi connectivity index (χ1) is 17.4. The van der Waals surface area contributed by atoms with Gasteiger partial charge in [0.05, 0.1) is 17.0 Å². The molecule has 0 N–H and O–H groups in total.